The summed E-state index contributed by atoms with van der Waals surface area (Å²) in [6.07, 6.45) is 0. The Morgan fingerprint density at radius 1 is 1.12 bits per heavy atom. The van der Waals surface area contributed by atoms with E-state index < -0.39 is 0 Å². The Kier molecular flexibility index (Phi) is 6.52. The molecule has 5 nitrogen and oxygen atoms in total. The smallest absolute Gasteiger partial charge is 0.234 e. The van der Waals surface area contributed by atoms with Crippen molar-refractivity contribution in [3.63, 3.8) is 0 Å². The number of anilines is 2. The molecule has 0 fully saturated rings. The van der Waals surface area contributed by atoms with Gasteiger partial charge in [0.15, 0.2) is 0 Å². The molecule has 0 radical (unpaired) electrons. The van der Waals surface area contributed by atoms with Crippen molar-refractivity contribution < 1.29 is 14.3 Å². The van der Waals surface area contributed by atoms with Crippen LogP contribution in [0.4, 0.5) is 11.4 Å². The van der Waals surface area contributed by atoms with E-state index in [2.05, 4.69) is 10.6 Å². The molecule has 0 unspecified atom stereocenters. The summed E-state index contributed by atoms with van der Waals surface area (Å²) in [6.45, 7) is 1.45. The Hall–Kier alpha value is -2.18. The van der Waals surface area contributed by atoms with Crippen LogP contribution in [0.25, 0.3) is 0 Å². The van der Waals surface area contributed by atoms with Crippen LogP contribution in [-0.4, -0.2) is 24.7 Å². The quantitative estimate of drug-likeness (QED) is 0.759. The van der Waals surface area contributed by atoms with Gasteiger partial charge in [-0.25, -0.2) is 0 Å². The number of benzene rings is 2. The molecule has 2 rings (SSSR count). The summed E-state index contributed by atoms with van der Waals surface area (Å²) in [5.74, 6) is 0.518. The molecule has 2 amide bonds. The van der Waals surface area contributed by atoms with Crippen molar-refractivity contribution in [2.75, 3.05) is 23.5 Å². The Morgan fingerprint density at radius 2 is 1.88 bits per heavy atom. The molecular formula is C17H17ClN2O3S. The fourth-order valence-electron chi connectivity index (χ4n) is 1.96. The van der Waals surface area contributed by atoms with E-state index in [-0.39, 0.29) is 17.6 Å². The van der Waals surface area contributed by atoms with Crippen molar-refractivity contribution in [3.05, 3.63) is 47.5 Å². The van der Waals surface area contributed by atoms with Crippen LogP contribution in [0, 0.1) is 0 Å². The lowest BCUT2D eigenvalue weighted by Gasteiger charge is -2.08. The number of hydrogen-bond donors (Lipinski definition) is 2. The number of amides is 2. The van der Waals surface area contributed by atoms with Gasteiger partial charge >= 0.3 is 0 Å². The summed E-state index contributed by atoms with van der Waals surface area (Å²) in [5, 5.41) is 5.93. The molecule has 0 atom stereocenters. The first kappa shape index (κ1) is 18.2. The molecule has 0 bridgehead atoms. The molecule has 0 saturated heterocycles. The minimum atomic E-state index is -0.147. The second kappa shape index (κ2) is 8.61. The lowest BCUT2D eigenvalue weighted by Crippen LogP contribution is -2.14. The third-order valence-electron chi connectivity index (χ3n) is 2.96. The number of rotatable bonds is 6. The second-order valence-corrected chi connectivity index (χ2v) is 6.35. The third-order valence-corrected chi connectivity index (χ3v) is 4.25. The zero-order chi connectivity index (χ0) is 17.5. The predicted molar refractivity (Wildman–Crippen MR) is 98.1 cm³/mol. The molecular weight excluding hydrogens is 348 g/mol. The molecule has 24 heavy (non-hydrogen) atoms. The van der Waals surface area contributed by atoms with Crippen LogP contribution in [0.2, 0.25) is 5.02 Å². The first-order valence-electron chi connectivity index (χ1n) is 7.12. The van der Waals surface area contributed by atoms with Gasteiger partial charge < -0.3 is 15.4 Å². The molecule has 2 N–H and O–H groups in total. The standard InChI is InChI=1S/C17H17ClN2O3S/c1-11(21)19-12-4-3-5-14(8-12)24-10-17(22)20-13-6-7-16(23-2)15(18)9-13/h3-9H,10H2,1-2H3,(H,19,21)(H,20,22). The minimum absolute atomic E-state index is 0.133. The average Bonchev–Trinajstić information content (AvgIpc) is 2.53. The van der Waals surface area contributed by atoms with Gasteiger partial charge in [0.25, 0.3) is 0 Å². The zero-order valence-corrected chi connectivity index (χ0v) is 14.8. The van der Waals surface area contributed by atoms with Gasteiger partial charge in [-0.1, -0.05) is 17.7 Å². The maximum Gasteiger partial charge on any atom is 0.234 e. The van der Waals surface area contributed by atoms with Gasteiger partial charge in [-0.15, -0.1) is 11.8 Å². The second-order valence-electron chi connectivity index (χ2n) is 4.90. The van der Waals surface area contributed by atoms with Crippen molar-refractivity contribution in [2.24, 2.45) is 0 Å². The fourth-order valence-corrected chi connectivity index (χ4v) is 2.97. The number of methoxy groups -OCH3 is 1. The predicted octanol–water partition coefficient (Wildman–Crippen LogP) is 4.04. The normalized spacial score (nSPS) is 10.1. The van der Waals surface area contributed by atoms with Crippen LogP contribution in [0.15, 0.2) is 47.4 Å². The van der Waals surface area contributed by atoms with Crippen LogP contribution in [-0.2, 0) is 9.59 Å². The Labute approximate surface area is 149 Å². The van der Waals surface area contributed by atoms with E-state index in [0.717, 1.165) is 4.90 Å². The summed E-state index contributed by atoms with van der Waals surface area (Å²) in [4.78, 5) is 24.0. The topological polar surface area (TPSA) is 67.4 Å². The van der Waals surface area contributed by atoms with E-state index in [9.17, 15) is 9.59 Å². The van der Waals surface area contributed by atoms with Crippen LogP contribution >= 0.6 is 23.4 Å². The Balaban J connectivity index is 1.91. The van der Waals surface area contributed by atoms with Gasteiger partial charge in [0.05, 0.1) is 17.9 Å². The molecule has 0 aliphatic carbocycles. The molecule has 2 aromatic rings. The van der Waals surface area contributed by atoms with Gasteiger partial charge in [0, 0.05) is 23.2 Å². The van der Waals surface area contributed by atoms with Crippen LogP contribution < -0.4 is 15.4 Å². The highest BCUT2D eigenvalue weighted by Crippen LogP contribution is 2.27. The number of ether oxygens (including phenoxy) is 1. The third kappa shape index (κ3) is 5.47. The summed E-state index contributed by atoms with van der Waals surface area (Å²) in [7, 11) is 1.53. The largest absolute Gasteiger partial charge is 0.495 e. The maximum atomic E-state index is 12.0. The van der Waals surface area contributed by atoms with Crippen LogP contribution in [0.1, 0.15) is 6.92 Å². The van der Waals surface area contributed by atoms with Crippen molar-refractivity contribution in [3.8, 4) is 5.75 Å². The van der Waals surface area contributed by atoms with Gasteiger partial charge in [-0.3, -0.25) is 9.59 Å². The highest BCUT2D eigenvalue weighted by Gasteiger charge is 2.07. The SMILES string of the molecule is COc1ccc(NC(=O)CSc2cccc(NC(C)=O)c2)cc1Cl. The van der Waals surface area contributed by atoms with Gasteiger partial charge in [0.1, 0.15) is 5.75 Å². The monoisotopic (exact) mass is 364 g/mol. The summed E-state index contributed by atoms with van der Waals surface area (Å²) in [6, 6.07) is 12.4. The number of nitrogens with one attached hydrogen (secondary N) is 2. The number of carbonyl (C=O) groups excluding carboxylic acids is 2. The number of thioether (sulfide) groups is 1. The van der Waals surface area contributed by atoms with Crippen LogP contribution in [0.5, 0.6) is 5.75 Å². The average molecular weight is 365 g/mol. The molecule has 0 aliphatic rings. The van der Waals surface area contributed by atoms with Gasteiger partial charge in [0.2, 0.25) is 11.8 Å². The van der Waals surface area contributed by atoms with E-state index in [0.29, 0.717) is 22.1 Å². The molecule has 7 heteroatoms. The Bertz CT molecular complexity index is 752. The first-order valence-corrected chi connectivity index (χ1v) is 8.48. The van der Waals surface area contributed by atoms with E-state index >= 15 is 0 Å². The zero-order valence-electron chi connectivity index (χ0n) is 13.3. The lowest BCUT2D eigenvalue weighted by atomic mass is 10.3. The van der Waals surface area contributed by atoms with Gasteiger partial charge in [-0.2, -0.15) is 0 Å². The number of hydrogen-bond acceptors (Lipinski definition) is 4. The fraction of sp³-hybridized carbons (Fsp3) is 0.176. The van der Waals surface area contributed by atoms with E-state index in [1.54, 1.807) is 24.3 Å². The van der Waals surface area contributed by atoms with E-state index in [4.69, 9.17) is 16.3 Å². The molecule has 0 heterocycles. The molecule has 0 aliphatic heterocycles. The summed E-state index contributed by atoms with van der Waals surface area (Å²) < 4.78 is 5.07. The van der Waals surface area contributed by atoms with Gasteiger partial charge in [-0.05, 0) is 36.4 Å². The highest BCUT2D eigenvalue weighted by molar-refractivity contribution is 8.00. The summed E-state index contributed by atoms with van der Waals surface area (Å²) in [5.41, 5.74) is 1.31. The maximum absolute atomic E-state index is 12.0. The Morgan fingerprint density at radius 3 is 2.54 bits per heavy atom. The molecule has 0 aromatic heterocycles. The number of halogens is 1. The lowest BCUT2D eigenvalue weighted by molar-refractivity contribution is -0.114. The van der Waals surface area contributed by atoms with Crippen molar-refractivity contribution in [2.45, 2.75) is 11.8 Å². The molecule has 2 aromatic carbocycles. The van der Waals surface area contributed by atoms with Crippen molar-refractivity contribution in [1.82, 2.24) is 0 Å². The van der Waals surface area contributed by atoms with E-state index in [1.165, 1.54) is 25.8 Å². The van der Waals surface area contributed by atoms with Crippen LogP contribution in [0.3, 0.4) is 0 Å². The van der Waals surface area contributed by atoms with E-state index in [1.807, 2.05) is 18.2 Å². The highest BCUT2D eigenvalue weighted by atomic mass is 35.5. The molecule has 0 spiro atoms. The summed E-state index contributed by atoms with van der Waals surface area (Å²) >= 11 is 7.41. The first-order chi connectivity index (χ1) is 11.5. The minimum Gasteiger partial charge on any atom is -0.495 e. The molecule has 126 valence electrons. The number of carbonyl (C=O) groups is 2. The van der Waals surface area contributed by atoms with Crippen molar-refractivity contribution in [1.29, 1.82) is 0 Å². The molecule has 0 saturated carbocycles. The van der Waals surface area contributed by atoms with Crippen molar-refractivity contribution >= 4 is 46.6 Å².